The van der Waals surface area contributed by atoms with Crippen LogP contribution in [-0.2, 0) is 0 Å². The van der Waals surface area contributed by atoms with E-state index in [0.717, 1.165) is 0 Å². The third kappa shape index (κ3) is 1.35. The summed E-state index contributed by atoms with van der Waals surface area (Å²) >= 11 is 3.27. The highest BCUT2D eigenvalue weighted by molar-refractivity contribution is 9.10. The van der Waals surface area contributed by atoms with Gasteiger partial charge in [0.2, 0.25) is 0 Å². The van der Waals surface area contributed by atoms with E-state index in [1.54, 1.807) is 19.2 Å². The summed E-state index contributed by atoms with van der Waals surface area (Å²) in [5.41, 5.74) is 1.13. The minimum Gasteiger partial charge on any atom is -0.497 e. The number of halogens is 1. The van der Waals surface area contributed by atoms with Crippen molar-refractivity contribution in [2.45, 2.75) is 0 Å². The van der Waals surface area contributed by atoms with Gasteiger partial charge in [-0.3, -0.25) is 4.98 Å². The van der Waals surface area contributed by atoms with Crippen LogP contribution in [0.1, 0.15) is 0 Å². The Balaban J connectivity index is 2.83. The highest BCUT2D eigenvalue weighted by Crippen LogP contribution is 2.27. The van der Waals surface area contributed by atoms with E-state index in [4.69, 9.17) is 9.15 Å². The lowest BCUT2D eigenvalue weighted by atomic mass is 10.3. The molecule has 1 aromatic carbocycles. The molecular formula is C8H6BrNO3. The first-order valence-corrected chi connectivity index (χ1v) is 4.36. The van der Waals surface area contributed by atoms with E-state index in [9.17, 15) is 4.79 Å². The van der Waals surface area contributed by atoms with Crippen molar-refractivity contribution >= 4 is 27.0 Å². The molecule has 1 heterocycles. The highest BCUT2D eigenvalue weighted by atomic mass is 79.9. The standard InChI is InChI=1S/C8H6BrNO3/c1-12-4-2-5(9)7-6(3-4)10-8(11)13-7/h2-3H,1H3,(H,10,11). The molecule has 2 rings (SSSR count). The largest absolute Gasteiger partial charge is 0.497 e. The summed E-state index contributed by atoms with van der Waals surface area (Å²) in [6.45, 7) is 0. The molecule has 0 aliphatic carbocycles. The molecule has 0 saturated heterocycles. The van der Waals surface area contributed by atoms with Crippen molar-refractivity contribution in [2.24, 2.45) is 0 Å². The fraction of sp³-hybridized carbons (Fsp3) is 0.125. The highest BCUT2D eigenvalue weighted by Gasteiger charge is 2.07. The molecule has 0 aliphatic rings. The lowest BCUT2D eigenvalue weighted by Crippen LogP contribution is -1.92. The second kappa shape index (κ2) is 2.92. The smallest absolute Gasteiger partial charge is 0.417 e. The van der Waals surface area contributed by atoms with Crippen LogP contribution in [0, 0.1) is 0 Å². The van der Waals surface area contributed by atoms with Gasteiger partial charge in [-0.15, -0.1) is 0 Å². The Kier molecular flexibility index (Phi) is 1.88. The van der Waals surface area contributed by atoms with Crippen molar-refractivity contribution in [3.05, 3.63) is 27.2 Å². The number of rotatable bonds is 1. The molecule has 68 valence electrons. The number of aromatic nitrogens is 1. The first-order chi connectivity index (χ1) is 6.20. The number of methoxy groups -OCH3 is 1. The number of hydrogen-bond acceptors (Lipinski definition) is 3. The van der Waals surface area contributed by atoms with Gasteiger partial charge in [-0.2, -0.15) is 0 Å². The van der Waals surface area contributed by atoms with Crippen LogP contribution < -0.4 is 10.5 Å². The van der Waals surface area contributed by atoms with Crippen LogP contribution in [0.5, 0.6) is 5.75 Å². The monoisotopic (exact) mass is 243 g/mol. The first-order valence-electron chi connectivity index (χ1n) is 3.57. The Morgan fingerprint density at radius 2 is 2.31 bits per heavy atom. The summed E-state index contributed by atoms with van der Waals surface area (Å²) in [6.07, 6.45) is 0. The van der Waals surface area contributed by atoms with E-state index in [1.807, 2.05) is 0 Å². The molecular weight excluding hydrogens is 238 g/mol. The van der Waals surface area contributed by atoms with Gasteiger partial charge in [0.15, 0.2) is 5.58 Å². The normalized spacial score (nSPS) is 10.6. The lowest BCUT2D eigenvalue weighted by Gasteiger charge is -1.99. The molecule has 0 atom stereocenters. The molecule has 0 amide bonds. The van der Waals surface area contributed by atoms with Gasteiger partial charge in [-0.1, -0.05) is 0 Å². The van der Waals surface area contributed by atoms with Gasteiger partial charge in [0.05, 0.1) is 17.1 Å². The number of hydrogen-bond donors (Lipinski definition) is 1. The Bertz CT molecular complexity index is 500. The fourth-order valence-corrected chi connectivity index (χ4v) is 1.63. The van der Waals surface area contributed by atoms with Crippen LogP contribution in [0.4, 0.5) is 0 Å². The number of H-pyrrole nitrogens is 1. The van der Waals surface area contributed by atoms with E-state index in [2.05, 4.69) is 20.9 Å². The number of fused-ring (bicyclic) bond motifs is 1. The van der Waals surface area contributed by atoms with E-state index < -0.39 is 5.76 Å². The summed E-state index contributed by atoms with van der Waals surface area (Å²) in [7, 11) is 1.56. The third-order valence-electron chi connectivity index (χ3n) is 1.68. The van der Waals surface area contributed by atoms with Gasteiger partial charge in [-0.25, -0.2) is 4.79 Å². The van der Waals surface area contributed by atoms with Crippen LogP contribution in [0.3, 0.4) is 0 Å². The first kappa shape index (κ1) is 8.37. The summed E-state index contributed by atoms with van der Waals surface area (Å²) in [5, 5.41) is 0. The molecule has 0 spiro atoms. The Labute approximate surface area is 81.6 Å². The zero-order valence-electron chi connectivity index (χ0n) is 6.76. The quantitative estimate of drug-likeness (QED) is 0.833. The van der Waals surface area contributed by atoms with Gasteiger partial charge >= 0.3 is 5.76 Å². The number of benzene rings is 1. The van der Waals surface area contributed by atoms with Crippen molar-refractivity contribution in [1.82, 2.24) is 4.98 Å². The van der Waals surface area contributed by atoms with Crippen molar-refractivity contribution in [3.8, 4) is 5.75 Å². The van der Waals surface area contributed by atoms with Crippen molar-refractivity contribution < 1.29 is 9.15 Å². The predicted octanol–water partition coefficient (Wildman–Crippen LogP) is 1.89. The summed E-state index contributed by atoms with van der Waals surface area (Å²) < 4.78 is 10.6. The van der Waals surface area contributed by atoms with Crippen LogP contribution in [0.25, 0.3) is 11.1 Å². The summed E-state index contributed by atoms with van der Waals surface area (Å²) in [6, 6.07) is 3.43. The Morgan fingerprint density at radius 1 is 1.54 bits per heavy atom. The zero-order valence-corrected chi connectivity index (χ0v) is 8.34. The summed E-state index contributed by atoms with van der Waals surface area (Å²) in [5.74, 6) is 0.195. The number of aromatic amines is 1. The van der Waals surface area contributed by atoms with Crippen LogP contribution >= 0.6 is 15.9 Å². The lowest BCUT2D eigenvalue weighted by molar-refractivity contribution is 0.415. The van der Waals surface area contributed by atoms with Crippen molar-refractivity contribution in [1.29, 1.82) is 0 Å². The van der Waals surface area contributed by atoms with E-state index in [-0.39, 0.29) is 0 Å². The minimum absolute atomic E-state index is 0.469. The second-order valence-electron chi connectivity index (χ2n) is 2.50. The van der Waals surface area contributed by atoms with Crippen molar-refractivity contribution in [2.75, 3.05) is 7.11 Å². The van der Waals surface area contributed by atoms with Crippen LogP contribution in [0.15, 0.2) is 25.8 Å². The zero-order chi connectivity index (χ0) is 9.42. The second-order valence-corrected chi connectivity index (χ2v) is 3.35. The molecule has 5 heteroatoms. The average molecular weight is 244 g/mol. The number of nitrogens with one attached hydrogen (secondary N) is 1. The molecule has 4 nitrogen and oxygen atoms in total. The molecule has 1 aromatic heterocycles. The van der Waals surface area contributed by atoms with Gasteiger partial charge in [-0.05, 0) is 22.0 Å². The topological polar surface area (TPSA) is 55.2 Å². The maximum atomic E-state index is 10.9. The van der Waals surface area contributed by atoms with Gasteiger partial charge < -0.3 is 9.15 Å². The molecule has 0 radical (unpaired) electrons. The number of ether oxygens (including phenoxy) is 1. The summed E-state index contributed by atoms with van der Waals surface area (Å²) in [4.78, 5) is 13.4. The molecule has 0 unspecified atom stereocenters. The molecule has 0 fully saturated rings. The third-order valence-corrected chi connectivity index (χ3v) is 2.27. The van der Waals surface area contributed by atoms with E-state index in [0.29, 0.717) is 21.3 Å². The number of oxazole rings is 1. The van der Waals surface area contributed by atoms with Gasteiger partial charge in [0, 0.05) is 6.07 Å². The van der Waals surface area contributed by atoms with Gasteiger partial charge in [0.1, 0.15) is 5.75 Å². The van der Waals surface area contributed by atoms with E-state index >= 15 is 0 Å². The molecule has 0 saturated carbocycles. The Hall–Kier alpha value is -1.23. The molecule has 0 bridgehead atoms. The average Bonchev–Trinajstić information content (AvgIpc) is 2.46. The minimum atomic E-state index is -0.469. The maximum absolute atomic E-state index is 10.9. The predicted molar refractivity (Wildman–Crippen MR) is 51.1 cm³/mol. The van der Waals surface area contributed by atoms with E-state index in [1.165, 1.54) is 0 Å². The molecule has 2 aromatic rings. The van der Waals surface area contributed by atoms with Crippen molar-refractivity contribution in [3.63, 3.8) is 0 Å². The molecule has 0 aliphatic heterocycles. The Morgan fingerprint density at radius 3 is 3.00 bits per heavy atom. The van der Waals surface area contributed by atoms with Crippen LogP contribution in [0.2, 0.25) is 0 Å². The maximum Gasteiger partial charge on any atom is 0.417 e. The van der Waals surface area contributed by atoms with Crippen LogP contribution in [-0.4, -0.2) is 12.1 Å². The SMILES string of the molecule is COc1cc(Br)c2oc(=O)[nH]c2c1. The fourth-order valence-electron chi connectivity index (χ4n) is 1.11. The van der Waals surface area contributed by atoms with Gasteiger partial charge in [0.25, 0.3) is 0 Å². The molecule has 13 heavy (non-hydrogen) atoms. The molecule has 1 N–H and O–H groups in total.